The molecule has 0 saturated heterocycles. The summed E-state index contributed by atoms with van der Waals surface area (Å²) >= 11 is 1.26. The molecule has 5 nitrogen and oxygen atoms in total. The Hall–Kier alpha value is -2.41. The van der Waals surface area contributed by atoms with E-state index in [9.17, 15) is 14.0 Å². The number of primary amides is 1. The summed E-state index contributed by atoms with van der Waals surface area (Å²) in [7, 11) is 0. The fourth-order valence-electron chi connectivity index (χ4n) is 4.12. The molecule has 1 fully saturated rings. The first-order valence-electron chi connectivity index (χ1n) is 10.7. The van der Waals surface area contributed by atoms with Crippen molar-refractivity contribution in [2.75, 3.05) is 5.75 Å². The van der Waals surface area contributed by atoms with E-state index in [-0.39, 0.29) is 23.5 Å². The molecule has 0 radical (unpaired) electrons. The van der Waals surface area contributed by atoms with Gasteiger partial charge in [-0.2, -0.15) is 0 Å². The molecule has 7 heteroatoms. The van der Waals surface area contributed by atoms with Gasteiger partial charge in [-0.05, 0) is 62.4 Å². The first-order chi connectivity index (χ1) is 14.8. The molecule has 1 aliphatic carbocycles. The van der Waals surface area contributed by atoms with Crippen LogP contribution in [0.4, 0.5) is 4.39 Å². The second kappa shape index (κ2) is 10.3. The number of rotatable bonds is 7. The molecule has 1 saturated carbocycles. The van der Waals surface area contributed by atoms with Gasteiger partial charge in [0.2, 0.25) is 5.91 Å². The number of carbonyl (C=O) groups is 2. The number of amides is 2. The maximum absolute atomic E-state index is 13.3. The zero-order valence-corrected chi connectivity index (χ0v) is 19.2. The van der Waals surface area contributed by atoms with E-state index in [1.807, 2.05) is 25.7 Å². The average molecular weight is 444 g/mol. The number of nitrogens with zero attached hydrogens (tertiary/aromatic N) is 2. The van der Waals surface area contributed by atoms with Crippen LogP contribution < -0.4 is 5.73 Å². The lowest BCUT2D eigenvalue weighted by Gasteiger charge is -2.34. The van der Waals surface area contributed by atoms with E-state index in [0.717, 1.165) is 48.1 Å². The first kappa shape index (κ1) is 23.3. The number of hydrogen-bond acceptors (Lipinski definition) is 4. The Morgan fingerprint density at radius 3 is 2.35 bits per heavy atom. The third-order valence-corrected chi connectivity index (χ3v) is 7.10. The fraction of sp³-hybridized carbons (Fsp3) is 0.458. The minimum absolute atomic E-state index is 0.00525. The number of carbonyl (C=O) groups excluding carboxylic acids is 2. The Kier molecular flexibility index (Phi) is 7.70. The van der Waals surface area contributed by atoms with Crippen LogP contribution in [-0.2, 0) is 11.3 Å². The smallest absolute Gasteiger partial charge is 0.251 e. The SMILES string of the molecule is Cc1nc(SCC(=O)N(Cc2ccc(F)cc2)C2CCCCC2)c(C(N)=O)c(C)c1C. The number of thioether (sulfide) groups is 1. The van der Waals surface area contributed by atoms with Crippen LogP contribution in [0.5, 0.6) is 0 Å². The number of nitrogens with two attached hydrogens (primary N) is 1. The van der Waals surface area contributed by atoms with Gasteiger partial charge >= 0.3 is 0 Å². The molecule has 2 N–H and O–H groups in total. The van der Waals surface area contributed by atoms with Gasteiger partial charge in [-0.25, -0.2) is 9.37 Å². The number of halogens is 1. The molecule has 0 aliphatic heterocycles. The molecule has 1 heterocycles. The number of hydrogen-bond donors (Lipinski definition) is 1. The predicted octanol–water partition coefficient (Wildman–Crippen LogP) is 4.70. The normalized spacial score (nSPS) is 14.5. The first-order valence-corrected chi connectivity index (χ1v) is 11.7. The summed E-state index contributed by atoms with van der Waals surface area (Å²) in [6, 6.07) is 6.48. The van der Waals surface area contributed by atoms with E-state index >= 15 is 0 Å². The van der Waals surface area contributed by atoms with Crippen LogP contribution >= 0.6 is 11.8 Å². The summed E-state index contributed by atoms with van der Waals surface area (Å²) in [6.07, 6.45) is 5.36. The van der Waals surface area contributed by atoms with Gasteiger partial charge in [0.05, 0.1) is 11.3 Å². The average Bonchev–Trinajstić information content (AvgIpc) is 2.75. The van der Waals surface area contributed by atoms with Gasteiger partial charge in [-0.1, -0.05) is 43.2 Å². The molecule has 3 rings (SSSR count). The second-order valence-electron chi connectivity index (χ2n) is 8.22. The monoisotopic (exact) mass is 443 g/mol. The Labute approximate surface area is 187 Å². The third kappa shape index (κ3) is 5.64. The lowest BCUT2D eigenvalue weighted by molar-refractivity contribution is -0.132. The lowest BCUT2D eigenvalue weighted by Crippen LogP contribution is -2.42. The van der Waals surface area contributed by atoms with E-state index < -0.39 is 5.91 Å². The van der Waals surface area contributed by atoms with Crippen molar-refractivity contribution in [1.29, 1.82) is 0 Å². The molecule has 2 amide bonds. The molecule has 31 heavy (non-hydrogen) atoms. The standard InChI is InChI=1S/C24H30FN3O2S/c1-15-16(2)22(23(26)30)24(27-17(15)3)31-14-21(29)28(20-7-5-4-6-8-20)13-18-9-11-19(25)12-10-18/h9-12,20H,4-8,13-14H2,1-3H3,(H2,26,30). The van der Waals surface area contributed by atoms with Crippen molar-refractivity contribution < 1.29 is 14.0 Å². The highest BCUT2D eigenvalue weighted by Crippen LogP contribution is 2.29. The molecule has 0 spiro atoms. The molecule has 1 aliphatic rings. The molecule has 0 atom stereocenters. The predicted molar refractivity (Wildman–Crippen MR) is 122 cm³/mol. The Balaban J connectivity index is 1.80. The summed E-state index contributed by atoms with van der Waals surface area (Å²) in [6.45, 7) is 6.12. The third-order valence-electron chi connectivity index (χ3n) is 6.14. The van der Waals surface area contributed by atoms with Gasteiger partial charge in [-0.15, -0.1) is 0 Å². The molecule has 1 aromatic heterocycles. The summed E-state index contributed by atoms with van der Waals surface area (Å²) in [5.74, 6) is -0.648. The summed E-state index contributed by atoms with van der Waals surface area (Å²) < 4.78 is 13.3. The minimum Gasteiger partial charge on any atom is -0.366 e. The Morgan fingerprint density at radius 1 is 1.10 bits per heavy atom. The van der Waals surface area contributed by atoms with Crippen molar-refractivity contribution in [3.05, 3.63) is 58.0 Å². The molecular weight excluding hydrogens is 413 g/mol. The van der Waals surface area contributed by atoms with Crippen LogP contribution in [0.1, 0.15) is 64.8 Å². The molecule has 2 aromatic rings. The van der Waals surface area contributed by atoms with Crippen LogP contribution in [0.3, 0.4) is 0 Å². The number of benzene rings is 1. The number of pyridine rings is 1. The van der Waals surface area contributed by atoms with Crippen LogP contribution in [0, 0.1) is 26.6 Å². The van der Waals surface area contributed by atoms with E-state index in [1.54, 1.807) is 12.1 Å². The fourth-order valence-corrected chi connectivity index (χ4v) is 5.14. The molecule has 0 unspecified atom stereocenters. The van der Waals surface area contributed by atoms with E-state index in [4.69, 9.17) is 5.73 Å². The lowest BCUT2D eigenvalue weighted by atomic mass is 9.94. The van der Waals surface area contributed by atoms with Crippen molar-refractivity contribution in [2.24, 2.45) is 5.73 Å². The highest BCUT2D eigenvalue weighted by atomic mass is 32.2. The Morgan fingerprint density at radius 2 is 1.74 bits per heavy atom. The van der Waals surface area contributed by atoms with Gasteiger partial charge in [0.25, 0.3) is 5.91 Å². The zero-order valence-electron chi connectivity index (χ0n) is 18.4. The van der Waals surface area contributed by atoms with E-state index in [1.165, 1.54) is 30.3 Å². The maximum atomic E-state index is 13.3. The van der Waals surface area contributed by atoms with Crippen molar-refractivity contribution in [3.8, 4) is 0 Å². The molecule has 166 valence electrons. The highest BCUT2D eigenvalue weighted by Gasteiger charge is 2.26. The summed E-state index contributed by atoms with van der Waals surface area (Å²) in [5.41, 5.74) is 9.48. The molecule has 1 aromatic carbocycles. The maximum Gasteiger partial charge on any atom is 0.251 e. The number of aryl methyl sites for hydroxylation is 1. The summed E-state index contributed by atoms with van der Waals surface area (Å²) in [4.78, 5) is 31.8. The van der Waals surface area contributed by atoms with Crippen molar-refractivity contribution in [1.82, 2.24) is 9.88 Å². The van der Waals surface area contributed by atoms with Crippen LogP contribution in [0.25, 0.3) is 0 Å². The Bertz CT molecular complexity index is 956. The van der Waals surface area contributed by atoms with Crippen LogP contribution in [-0.4, -0.2) is 33.5 Å². The highest BCUT2D eigenvalue weighted by molar-refractivity contribution is 8.00. The molecule has 0 bridgehead atoms. The van der Waals surface area contributed by atoms with Crippen LogP contribution in [0.2, 0.25) is 0 Å². The largest absolute Gasteiger partial charge is 0.366 e. The van der Waals surface area contributed by atoms with Crippen molar-refractivity contribution >= 4 is 23.6 Å². The van der Waals surface area contributed by atoms with Gasteiger partial charge in [0, 0.05) is 18.3 Å². The minimum atomic E-state index is -0.529. The van der Waals surface area contributed by atoms with Crippen LogP contribution in [0.15, 0.2) is 29.3 Å². The quantitative estimate of drug-likeness (QED) is 0.630. The summed E-state index contributed by atoms with van der Waals surface area (Å²) in [5, 5.41) is 0.506. The molecular formula is C24H30FN3O2S. The van der Waals surface area contributed by atoms with Crippen molar-refractivity contribution in [3.63, 3.8) is 0 Å². The van der Waals surface area contributed by atoms with Gasteiger partial charge in [0.15, 0.2) is 0 Å². The van der Waals surface area contributed by atoms with Gasteiger partial charge in [0.1, 0.15) is 10.8 Å². The van der Waals surface area contributed by atoms with Crippen molar-refractivity contribution in [2.45, 2.75) is 70.5 Å². The zero-order chi connectivity index (χ0) is 22.5. The second-order valence-corrected chi connectivity index (χ2v) is 9.18. The van der Waals surface area contributed by atoms with E-state index in [2.05, 4.69) is 4.98 Å². The van der Waals surface area contributed by atoms with Gasteiger partial charge < -0.3 is 10.6 Å². The number of aromatic nitrogens is 1. The van der Waals surface area contributed by atoms with E-state index in [0.29, 0.717) is 17.1 Å². The topological polar surface area (TPSA) is 76.3 Å². The van der Waals surface area contributed by atoms with Gasteiger partial charge in [-0.3, -0.25) is 9.59 Å².